The molecule has 1 saturated carbocycles. The van der Waals surface area contributed by atoms with Gasteiger partial charge in [0.1, 0.15) is 0 Å². The number of piperidine rings is 1. The Morgan fingerprint density at radius 2 is 2.11 bits per heavy atom. The topological polar surface area (TPSA) is 24.5 Å². The highest BCUT2D eigenvalue weighted by atomic mass is 16.5. The molecule has 0 radical (unpaired) electrons. The highest BCUT2D eigenvalue weighted by Crippen LogP contribution is 2.33. The van der Waals surface area contributed by atoms with Gasteiger partial charge in [-0.3, -0.25) is 4.90 Å². The molecule has 18 heavy (non-hydrogen) atoms. The quantitative estimate of drug-likeness (QED) is 0.786. The monoisotopic (exact) mass is 254 g/mol. The molecule has 0 aromatic carbocycles. The minimum Gasteiger partial charge on any atom is -0.380 e. The molecule has 1 saturated heterocycles. The molecule has 1 heterocycles. The van der Waals surface area contributed by atoms with Crippen molar-refractivity contribution < 1.29 is 4.74 Å². The molecule has 0 amide bonds. The fourth-order valence-corrected chi connectivity index (χ4v) is 3.29. The summed E-state index contributed by atoms with van der Waals surface area (Å²) in [6, 6.07) is 0.822. The minimum atomic E-state index is 0.476. The van der Waals surface area contributed by atoms with Gasteiger partial charge in [0.2, 0.25) is 0 Å². The van der Waals surface area contributed by atoms with Crippen molar-refractivity contribution in [3.05, 3.63) is 0 Å². The summed E-state index contributed by atoms with van der Waals surface area (Å²) in [4.78, 5) is 2.68. The van der Waals surface area contributed by atoms with Gasteiger partial charge in [0.05, 0.1) is 6.10 Å². The SMILES string of the molecule is COC1CCCN(C2CCC2CNCC(C)C)C1. The first-order chi connectivity index (χ1) is 8.70. The zero-order valence-electron chi connectivity index (χ0n) is 12.3. The average Bonchev–Trinajstić information content (AvgIpc) is 2.33. The van der Waals surface area contributed by atoms with Gasteiger partial charge in [-0.05, 0) is 57.2 Å². The zero-order chi connectivity index (χ0) is 13.0. The summed E-state index contributed by atoms with van der Waals surface area (Å²) < 4.78 is 5.53. The van der Waals surface area contributed by atoms with Crippen LogP contribution in [-0.2, 0) is 4.74 Å². The summed E-state index contributed by atoms with van der Waals surface area (Å²) >= 11 is 0. The second kappa shape index (κ2) is 6.88. The van der Waals surface area contributed by atoms with Crippen LogP contribution < -0.4 is 5.32 Å². The largest absolute Gasteiger partial charge is 0.380 e. The molecule has 1 N–H and O–H groups in total. The van der Waals surface area contributed by atoms with Crippen LogP contribution in [0.1, 0.15) is 39.5 Å². The van der Waals surface area contributed by atoms with E-state index in [9.17, 15) is 0 Å². The first-order valence-electron chi connectivity index (χ1n) is 7.68. The number of methoxy groups -OCH3 is 1. The van der Waals surface area contributed by atoms with E-state index in [1.807, 2.05) is 7.11 Å². The van der Waals surface area contributed by atoms with E-state index in [1.165, 1.54) is 38.8 Å². The first-order valence-corrected chi connectivity index (χ1v) is 7.68. The lowest BCUT2D eigenvalue weighted by atomic mass is 9.77. The van der Waals surface area contributed by atoms with Crippen molar-refractivity contribution in [2.75, 3.05) is 33.3 Å². The maximum absolute atomic E-state index is 5.53. The molecule has 2 rings (SSSR count). The van der Waals surface area contributed by atoms with Crippen LogP contribution in [0.5, 0.6) is 0 Å². The molecule has 1 aliphatic heterocycles. The van der Waals surface area contributed by atoms with Gasteiger partial charge in [-0.25, -0.2) is 0 Å². The smallest absolute Gasteiger partial charge is 0.0698 e. The van der Waals surface area contributed by atoms with Crippen LogP contribution in [0.15, 0.2) is 0 Å². The zero-order valence-corrected chi connectivity index (χ0v) is 12.3. The lowest BCUT2D eigenvalue weighted by molar-refractivity contribution is -0.0224. The Kier molecular flexibility index (Phi) is 5.46. The lowest BCUT2D eigenvalue weighted by Gasteiger charge is -2.47. The molecule has 0 aromatic heterocycles. The van der Waals surface area contributed by atoms with E-state index in [0.717, 1.165) is 31.0 Å². The molecule has 0 aromatic rings. The summed E-state index contributed by atoms with van der Waals surface area (Å²) in [5, 5.41) is 3.62. The second-order valence-electron chi connectivity index (χ2n) is 6.45. The van der Waals surface area contributed by atoms with Gasteiger partial charge >= 0.3 is 0 Å². The van der Waals surface area contributed by atoms with Crippen molar-refractivity contribution >= 4 is 0 Å². The number of likely N-dealkylation sites (tertiary alicyclic amines) is 1. The Morgan fingerprint density at radius 1 is 1.28 bits per heavy atom. The van der Waals surface area contributed by atoms with Gasteiger partial charge in [-0.2, -0.15) is 0 Å². The molecule has 3 nitrogen and oxygen atoms in total. The molecule has 3 heteroatoms. The molecule has 106 valence electrons. The van der Waals surface area contributed by atoms with Crippen molar-refractivity contribution in [1.29, 1.82) is 0 Å². The van der Waals surface area contributed by atoms with Crippen molar-refractivity contribution in [3.63, 3.8) is 0 Å². The Balaban J connectivity index is 1.72. The Morgan fingerprint density at radius 3 is 2.72 bits per heavy atom. The molecule has 3 unspecified atom stereocenters. The molecule has 0 spiro atoms. The summed E-state index contributed by atoms with van der Waals surface area (Å²) in [5.41, 5.74) is 0. The number of hydrogen-bond donors (Lipinski definition) is 1. The Hall–Kier alpha value is -0.120. The first kappa shape index (κ1) is 14.3. The van der Waals surface area contributed by atoms with Crippen LogP contribution in [-0.4, -0.2) is 50.3 Å². The molecule has 2 aliphatic rings. The summed E-state index contributed by atoms with van der Waals surface area (Å²) in [6.45, 7) is 9.35. The third-order valence-corrected chi connectivity index (χ3v) is 4.55. The van der Waals surface area contributed by atoms with Crippen LogP contribution in [0.2, 0.25) is 0 Å². The van der Waals surface area contributed by atoms with Crippen LogP contribution in [0.4, 0.5) is 0 Å². The predicted octanol–water partition coefficient (Wildman–Crippen LogP) is 2.12. The lowest BCUT2D eigenvalue weighted by Crippen LogP contribution is -2.54. The molecule has 3 atom stereocenters. The van der Waals surface area contributed by atoms with Gasteiger partial charge in [-0.1, -0.05) is 13.8 Å². The third kappa shape index (κ3) is 3.69. The fraction of sp³-hybridized carbons (Fsp3) is 1.00. The number of nitrogens with zero attached hydrogens (tertiary/aromatic N) is 1. The maximum atomic E-state index is 5.53. The highest BCUT2D eigenvalue weighted by molar-refractivity contribution is 4.92. The van der Waals surface area contributed by atoms with Gasteiger partial charge in [-0.15, -0.1) is 0 Å². The van der Waals surface area contributed by atoms with Crippen LogP contribution >= 0.6 is 0 Å². The van der Waals surface area contributed by atoms with Crippen molar-refractivity contribution in [2.24, 2.45) is 11.8 Å². The maximum Gasteiger partial charge on any atom is 0.0698 e. The number of hydrogen-bond acceptors (Lipinski definition) is 3. The van der Waals surface area contributed by atoms with E-state index in [2.05, 4.69) is 24.1 Å². The Bertz CT molecular complexity index is 245. The standard InChI is InChI=1S/C15H30N2O/c1-12(2)9-16-10-13-6-7-15(13)17-8-4-5-14(11-17)18-3/h12-16H,4-11H2,1-3H3. The Labute approximate surface area is 112 Å². The van der Waals surface area contributed by atoms with Gasteiger partial charge in [0.25, 0.3) is 0 Å². The van der Waals surface area contributed by atoms with Crippen molar-refractivity contribution in [1.82, 2.24) is 10.2 Å². The van der Waals surface area contributed by atoms with Gasteiger partial charge < -0.3 is 10.1 Å². The number of nitrogens with one attached hydrogen (secondary N) is 1. The summed E-state index contributed by atoms with van der Waals surface area (Å²) in [6.07, 6.45) is 5.83. The molecule has 2 fully saturated rings. The normalized spacial score (nSPS) is 33.7. The molecular formula is C15H30N2O. The summed E-state index contributed by atoms with van der Waals surface area (Å²) in [5.74, 6) is 1.63. The van der Waals surface area contributed by atoms with Crippen molar-refractivity contribution in [2.45, 2.75) is 51.7 Å². The van der Waals surface area contributed by atoms with Gasteiger partial charge in [0.15, 0.2) is 0 Å². The van der Waals surface area contributed by atoms with E-state index >= 15 is 0 Å². The van der Waals surface area contributed by atoms with E-state index in [0.29, 0.717) is 6.10 Å². The summed E-state index contributed by atoms with van der Waals surface area (Å²) in [7, 11) is 1.86. The van der Waals surface area contributed by atoms with E-state index < -0.39 is 0 Å². The molecular weight excluding hydrogens is 224 g/mol. The van der Waals surface area contributed by atoms with Crippen LogP contribution in [0.3, 0.4) is 0 Å². The molecule has 0 bridgehead atoms. The molecule has 1 aliphatic carbocycles. The van der Waals surface area contributed by atoms with Crippen molar-refractivity contribution in [3.8, 4) is 0 Å². The van der Waals surface area contributed by atoms with Crippen LogP contribution in [0.25, 0.3) is 0 Å². The highest BCUT2D eigenvalue weighted by Gasteiger charge is 2.37. The second-order valence-corrected chi connectivity index (χ2v) is 6.45. The predicted molar refractivity (Wildman–Crippen MR) is 75.8 cm³/mol. The minimum absolute atomic E-state index is 0.476. The average molecular weight is 254 g/mol. The fourth-order valence-electron chi connectivity index (χ4n) is 3.29. The van der Waals surface area contributed by atoms with E-state index in [1.54, 1.807) is 0 Å². The number of ether oxygens (including phenoxy) is 1. The van der Waals surface area contributed by atoms with Gasteiger partial charge in [0, 0.05) is 19.7 Å². The third-order valence-electron chi connectivity index (χ3n) is 4.55. The number of rotatable bonds is 6. The van der Waals surface area contributed by atoms with Crippen LogP contribution in [0, 0.1) is 11.8 Å². The van der Waals surface area contributed by atoms with E-state index in [-0.39, 0.29) is 0 Å². The van der Waals surface area contributed by atoms with E-state index in [4.69, 9.17) is 4.74 Å².